The van der Waals surface area contributed by atoms with Gasteiger partial charge in [0.15, 0.2) is 12.4 Å². The molecule has 1 aliphatic heterocycles. The third kappa shape index (κ3) is 4.93. The fraction of sp³-hybridized carbons (Fsp3) is 0.600. The third-order valence-corrected chi connectivity index (χ3v) is 3.73. The third-order valence-electron chi connectivity index (χ3n) is 3.73. The average molecular weight is 383 g/mol. The molecule has 1 aromatic heterocycles. The fourth-order valence-corrected chi connectivity index (χ4v) is 2.34. The monoisotopic (exact) mass is 383 g/mol. The van der Waals surface area contributed by atoms with Crippen molar-refractivity contribution in [2.24, 2.45) is 0 Å². The molecule has 2 N–H and O–H groups in total. The molecule has 1 aromatic rings. The lowest BCUT2D eigenvalue weighted by Gasteiger charge is -2.17. The number of amides is 1. The topological polar surface area (TPSA) is 72.5 Å². The van der Waals surface area contributed by atoms with E-state index in [-0.39, 0.29) is 29.9 Å². The molecular formula is C15H18F5N3O3. The second kappa shape index (κ2) is 8.47. The number of hydrogen-bond acceptors (Lipinski definition) is 5. The standard InChI is InChI=1S/C15H18F5N3O3/c1-25-12-8(6-22-11(24)10-3-2-4-21-10)5-9(16)13(23-12)26-7-15(19,20)14(17)18/h5,10,14,21H,2-4,6-7H2,1H3,(H,22,24)/t10-/m0/s1. The van der Waals surface area contributed by atoms with Crippen LogP contribution in [0.25, 0.3) is 0 Å². The van der Waals surface area contributed by atoms with Crippen molar-refractivity contribution in [3.8, 4) is 11.8 Å². The van der Waals surface area contributed by atoms with E-state index in [0.29, 0.717) is 6.42 Å². The minimum Gasteiger partial charge on any atom is -0.481 e. The van der Waals surface area contributed by atoms with Gasteiger partial charge in [-0.3, -0.25) is 4.79 Å². The number of nitrogens with one attached hydrogen (secondary N) is 2. The maximum Gasteiger partial charge on any atom is 0.340 e. The van der Waals surface area contributed by atoms with Crippen molar-refractivity contribution in [3.63, 3.8) is 0 Å². The lowest BCUT2D eigenvalue weighted by molar-refractivity contribution is -0.149. The van der Waals surface area contributed by atoms with E-state index in [0.717, 1.165) is 19.0 Å². The minimum atomic E-state index is -4.44. The number of hydrogen-bond donors (Lipinski definition) is 2. The first-order valence-corrected chi connectivity index (χ1v) is 7.78. The molecule has 26 heavy (non-hydrogen) atoms. The van der Waals surface area contributed by atoms with Gasteiger partial charge in [0.1, 0.15) is 0 Å². The average Bonchev–Trinajstić information content (AvgIpc) is 3.13. The Morgan fingerprint density at radius 3 is 2.77 bits per heavy atom. The van der Waals surface area contributed by atoms with E-state index in [1.54, 1.807) is 0 Å². The van der Waals surface area contributed by atoms with Crippen molar-refractivity contribution in [1.29, 1.82) is 0 Å². The fourth-order valence-electron chi connectivity index (χ4n) is 2.34. The first-order valence-electron chi connectivity index (χ1n) is 7.78. The molecule has 11 heteroatoms. The van der Waals surface area contributed by atoms with E-state index in [9.17, 15) is 26.7 Å². The van der Waals surface area contributed by atoms with E-state index < -0.39 is 30.7 Å². The van der Waals surface area contributed by atoms with Gasteiger partial charge in [-0.15, -0.1) is 0 Å². The summed E-state index contributed by atoms with van der Waals surface area (Å²) in [6.45, 7) is -1.12. The lowest BCUT2D eigenvalue weighted by Crippen LogP contribution is -2.40. The number of pyridine rings is 1. The number of ether oxygens (including phenoxy) is 2. The van der Waals surface area contributed by atoms with Crippen LogP contribution in [0.1, 0.15) is 18.4 Å². The van der Waals surface area contributed by atoms with Crippen molar-refractivity contribution in [2.45, 2.75) is 37.8 Å². The Morgan fingerprint density at radius 1 is 1.46 bits per heavy atom. The Bertz CT molecular complexity index is 639. The predicted octanol–water partition coefficient (Wildman–Crippen LogP) is 1.88. The van der Waals surface area contributed by atoms with E-state index in [1.807, 2.05) is 0 Å². The van der Waals surface area contributed by atoms with Gasteiger partial charge in [-0.1, -0.05) is 0 Å². The number of alkyl halides is 4. The van der Waals surface area contributed by atoms with Crippen LogP contribution >= 0.6 is 0 Å². The predicted molar refractivity (Wildman–Crippen MR) is 80.1 cm³/mol. The Morgan fingerprint density at radius 2 is 2.19 bits per heavy atom. The molecule has 146 valence electrons. The Labute approximate surface area is 146 Å². The van der Waals surface area contributed by atoms with Crippen molar-refractivity contribution in [2.75, 3.05) is 20.3 Å². The van der Waals surface area contributed by atoms with E-state index in [2.05, 4.69) is 20.4 Å². The molecule has 0 saturated carbocycles. The molecule has 0 aliphatic carbocycles. The van der Waals surface area contributed by atoms with Crippen LogP contribution in [-0.2, 0) is 11.3 Å². The van der Waals surface area contributed by atoms with Crippen LogP contribution in [-0.4, -0.2) is 49.5 Å². The Balaban J connectivity index is 2.04. The summed E-state index contributed by atoms with van der Waals surface area (Å²) in [7, 11) is 1.20. The summed E-state index contributed by atoms with van der Waals surface area (Å²) in [4.78, 5) is 15.5. The van der Waals surface area contributed by atoms with E-state index in [1.165, 1.54) is 7.11 Å². The van der Waals surface area contributed by atoms with Gasteiger partial charge in [-0.05, 0) is 25.5 Å². The van der Waals surface area contributed by atoms with Crippen LogP contribution in [0, 0.1) is 5.82 Å². The molecule has 0 bridgehead atoms. The van der Waals surface area contributed by atoms with E-state index >= 15 is 0 Å². The summed E-state index contributed by atoms with van der Waals surface area (Å²) in [5.41, 5.74) is 0.143. The highest BCUT2D eigenvalue weighted by atomic mass is 19.3. The zero-order chi connectivity index (χ0) is 19.3. The van der Waals surface area contributed by atoms with E-state index in [4.69, 9.17) is 4.74 Å². The van der Waals surface area contributed by atoms with Crippen LogP contribution in [0.15, 0.2) is 6.07 Å². The van der Waals surface area contributed by atoms with Gasteiger partial charge in [0.25, 0.3) is 5.88 Å². The molecule has 0 spiro atoms. The summed E-state index contributed by atoms with van der Waals surface area (Å²) >= 11 is 0. The lowest BCUT2D eigenvalue weighted by atomic mass is 10.2. The maximum atomic E-state index is 14.0. The van der Waals surface area contributed by atoms with Gasteiger partial charge in [-0.25, -0.2) is 13.2 Å². The minimum absolute atomic E-state index is 0.114. The molecular weight excluding hydrogens is 365 g/mol. The summed E-state index contributed by atoms with van der Waals surface area (Å²) in [5, 5.41) is 5.58. The number of carbonyl (C=O) groups excluding carboxylic acids is 1. The number of carbonyl (C=O) groups is 1. The SMILES string of the molecule is COc1nc(OCC(F)(F)C(F)F)c(F)cc1CNC(=O)[C@@H]1CCCN1. The summed E-state index contributed by atoms with van der Waals surface area (Å²) < 4.78 is 73.2. The van der Waals surface area contributed by atoms with Crippen LogP contribution < -0.4 is 20.1 Å². The highest BCUT2D eigenvalue weighted by Gasteiger charge is 2.42. The normalized spacial score (nSPS) is 17.4. The van der Waals surface area contributed by atoms with Crippen molar-refractivity contribution in [3.05, 3.63) is 17.4 Å². The molecule has 1 fully saturated rings. The Hall–Kier alpha value is -2.17. The molecule has 1 amide bonds. The zero-order valence-corrected chi connectivity index (χ0v) is 13.8. The van der Waals surface area contributed by atoms with Gasteiger partial charge in [0, 0.05) is 12.1 Å². The molecule has 2 heterocycles. The van der Waals surface area contributed by atoms with Gasteiger partial charge in [-0.2, -0.15) is 13.8 Å². The van der Waals surface area contributed by atoms with Crippen LogP contribution in [0.3, 0.4) is 0 Å². The number of aromatic nitrogens is 1. The molecule has 0 unspecified atom stereocenters. The molecule has 0 radical (unpaired) electrons. The second-order valence-corrected chi connectivity index (χ2v) is 5.66. The van der Waals surface area contributed by atoms with Gasteiger partial charge in [0.05, 0.1) is 13.2 Å². The van der Waals surface area contributed by atoms with Crippen LogP contribution in [0.4, 0.5) is 22.0 Å². The number of rotatable bonds is 8. The maximum absolute atomic E-state index is 14.0. The first kappa shape index (κ1) is 20.1. The molecule has 1 aliphatic rings. The van der Waals surface area contributed by atoms with Gasteiger partial charge in [0.2, 0.25) is 11.8 Å². The largest absolute Gasteiger partial charge is 0.481 e. The van der Waals surface area contributed by atoms with Crippen molar-refractivity contribution in [1.82, 2.24) is 15.6 Å². The molecule has 1 atom stereocenters. The number of methoxy groups -OCH3 is 1. The van der Waals surface area contributed by atoms with Crippen LogP contribution in [0.5, 0.6) is 11.8 Å². The van der Waals surface area contributed by atoms with Crippen molar-refractivity contribution >= 4 is 5.91 Å². The number of nitrogens with zero attached hydrogens (tertiary/aromatic N) is 1. The smallest absolute Gasteiger partial charge is 0.340 e. The highest BCUT2D eigenvalue weighted by Crippen LogP contribution is 2.27. The summed E-state index contributed by atoms with van der Waals surface area (Å²) in [5.74, 6) is -6.93. The summed E-state index contributed by atoms with van der Waals surface area (Å²) in [6.07, 6.45) is -2.40. The molecule has 2 rings (SSSR count). The molecule has 1 saturated heterocycles. The summed E-state index contributed by atoms with van der Waals surface area (Å²) in [6, 6.07) is 0.544. The Kier molecular flexibility index (Phi) is 6.57. The molecule has 0 aromatic carbocycles. The quantitative estimate of drug-likeness (QED) is 0.671. The van der Waals surface area contributed by atoms with Gasteiger partial charge < -0.3 is 20.1 Å². The highest BCUT2D eigenvalue weighted by molar-refractivity contribution is 5.82. The first-order chi connectivity index (χ1) is 12.2. The van der Waals surface area contributed by atoms with Gasteiger partial charge >= 0.3 is 12.3 Å². The molecule has 6 nitrogen and oxygen atoms in total. The number of halogens is 5. The zero-order valence-electron chi connectivity index (χ0n) is 13.8. The second-order valence-electron chi connectivity index (χ2n) is 5.66. The van der Waals surface area contributed by atoms with Crippen molar-refractivity contribution < 1.29 is 36.2 Å². The van der Waals surface area contributed by atoms with Crippen LogP contribution in [0.2, 0.25) is 0 Å².